The molecule has 0 atom stereocenters. The number of nitrogens with zero attached hydrogens (tertiary/aromatic N) is 3. The van der Waals surface area contributed by atoms with Crippen LogP contribution < -0.4 is 0 Å². The highest BCUT2D eigenvalue weighted by atomic mass is 16.6. The Morgan fingerprint density at radius 2 is 1.05 bits per heavy atom. The summed E-state index contributed by atoms with van der Waals surface area (Å²) in [6, 6.07) is 30.3. The van der Waals surface area contributed by atoms with Crippen LogP contribution in [0.25, 0.3) is 21.9 Å². The van der Waals surface area contributed by atoms with Crippen LogP contribution in [0.2, 0.25) is 0 Å². The molecule has 43 heavy (non-hydrogen) atoms. The Labute approximate surface area is 252 Å². The molecule has 0 fully saturated rings. The van der Waals surface area contributed by atoms with E-state index in [1.54, 1.807) is 12.1 Å². The van der Waals surface area contributed by atoms with E-state index in [0.717, 1.165) is 81.5 Å². The van der Waals surface area contributed by atoms with Crippen molar-refractivity contribution in [3.05, 3.63) is 134 Å². The van der Waals surface area contributed by atoms with E-state index in [0.29, 0.717) is 0 Å². The summed E-state index contributed by atoms with van der Waals surface area (Å²) in [4.78, 5) is 22.2. The number of nitro groups is 1. The van der Waals surface area contributed by atoms with Crippen molar-refractivity contribution >= 4 is 39.3 Å². The summed E-state index contributed by atoms with van der Waals surface area (Å²) in [5.41, 5.74) is 12.6. The lowest BCUT2D eigenvalue weighted by Gasteiger charge is -2.13. The molecule has 0 amide bonds. The van der Waals surface area contributed by atoms with Gasteiger partial charge in [-0.2, -0.15) is 0 Å². The third kappa shape index (κ3) is 4.95. The second-order valence-corrected chi connectivity index (χ2v) is 10.9. The van der Waals surface area contributed by atoms with E-state index in [-0.39, 0.29) is 10.6 Å². The lowest BCUT2D eigenvalue weighted by atomic mass is 9.95. The zero-order valence-corrected chi connectivity index (χ0v) is 25.1. The van der Waals surface area contributed by atoms with Crippen molar-refractivity contribution in [2.24, 2.45) is 9.98 Å². The molecule has 5 aromatic carbocycles. The van der Waals surface area contributed by atoms with Gasteiger partial charge in [-0.3, -0.25) is 10.1 Å². The van der Waals surface area contributed by atoms with Gasteiger partial charge in [0.15, 0.2) is 0 Å². The molecule has 0 N–H and O–H groups in total. The number of hydrogen-bond acceptors (Lipinski definition) is 4. The number of rotatable bonds is 8. The first-order valence-corrected chi connectivity index (χ1v) is 15.2. The molecular weight excluding hydrogens is 530 g/mol. The maximum Gasteiger partial charge on any atom is 0.270 e. The summed E-state index contributed by atoms with van der Waals surface area (Å²) in [5.74, 6) is 0. The lowest BCUT2D eigenvalue weighted by molar-refractivity contribution is -0.384. The Bertz CT molecular complexity index is 1830. The molecule has 214 valence electrons. The van der Waals surface area contributed by atoms with E-state index in [9.17, 15) is 10.1 Å². The molecule has 5 nitrogen and oxygen atoms in total. The molecule has 6 rings (SSSR count). The van der Waals surface area contributed by atoms with E-state index >= 15 is 0 Å². The highest BCUT2D eigenvalue weighted by Crippen LogP contribution is 2.41. The third-order valence-corrected chi connectivity index (χ3v) is 8.52. The molecule has 0 aliphatic heterocycles. The van der Waals surface area contributed by atoms with Crippen molar-refractivity contribution in [1.82, 2.24) is 0 Å². The first-order valence-electron chi connectivity index (χ1n) is 15.2. The molecule has 0 bridgehead atoms. The van der Waals surface area contributed by atoms with Crippen molar-refractivity contribution in [3.8, 4) is 11.1 Å². The van der Waals surface area contributed by atoms with Crippen LogP contribution in [-0.4, -0.2) is 16.3 Å². The Balaban J connectivity index is 1.69. The van der Waals surface area contributed by atoms with E-state index in [4.69, 9.17) is 9.98 Å². The maximum absolute atomic E-state index is 11.6. The first-order chi connectivity index (χ1) is 21.0. The number of non-ortho nitro benzene ring substituents is 1. The van der Waals surface area contributed by atoms with Gasteiger partial charge in [-0.15, -0.1) is 0 Å². The number of para-hydroxylation sites is 2. The van der Waals surface area contributed by atoms with Gasteiger partial charge >= 0.3 is 0 Å². The second-order valence-electron chi connectivity index (χ2n) is 10.9. The number of hydrogen-bond donors (Lipinski definition) is 0. The smallest absolute Gasteiger partial charge is 0.258 e. The fraction of sp³-hybridized carbons (Fsp3) is 0.211. The fourth-order valence-corrected chi connectivity index (χ4v) is 6.26. The van der Waals surface area contributed by atoms with Crippen LogP contribution in [0.3, 0.4) is 0 Å². The van der Waals surface area contributed by atoms with Crippen molar-refractivity contribution in [2.45, 2.75) is 53.4 Å². The topological polar surface area (TPSA) is 67.9 Å². The molecule has 0 saturated carbocycles. The van der Waals surface area contributed by atoms with E-state index in [2.05, 4.69) is 94.4 Å². The standard InChI is InChI=1S/C38H35N3O2/c1-5-24-13-9-14-25(6-2)35(24)39-37-32-20-12-19-31-30(28-17-11-18-29(23-28)41(42)43)21-22-33(34(31)32)38(37)40-36-26(7-3)15-10-16-27(36)8-4/h9-23H,5-8H2,1-4H3. The first kappa shape index (κ1) is 28.2. The number of nitro benzene ring substituents is 1. The van der Waals surface area contributed by atoms with Crippen molar-refractivity contribution < 1.29 is 4.92 Å². The predicted molar refractivity (Wildman–Crippen MR) is 179 cm³/mol. The van der Waals surface area contributed by atoms with Gasteiger partial charge in [-0.25, -0.2) is 9.98 Å². The Hall–Kier alpha value is -4.90. The Morgan fingerprint density at radius 1 is 0.581 bits per heavy atom. The highest BCUT2D eigenvalue weighted by Gasteiger charge is 2.29. The van der Waals surface area contributed by atoms with Crippen molar-refractivity contribution in [2.75, 3.05) is 0 Å². The van der Waals surface area contributed by atoms with Gasteiger partial charge in [0.1, 0.15) is 0 Å². The molecule has 5 heteroatoms. The fourth-order valence-electron chi connectivity index (χ4n) is 6.26. The van der Waals surface area contributed by atoms with Crippen LogP contribution in [0, 0.1) is 10.1 Å². The normalized spacial score (nSPS) is 14.2. The van der Waals surface area contributed by atoms with Crippen LogP contribution in [-0.2, 0) is 25.7 Å². The van der Waals surface area contributed by atoms with Gasteiger partial charge in [-0.1, -0.05) is 107 Å². The summed E-state index contributed by atoms with van der Waals surface area (Å²) >= 11 is 0. The number of aryl methyl sites for hydroxylation is 4. The maximum atomic E-state index is 11.6. The molecular formula is C38H35N3O2. The van der Waals surface area contributed by atoms with Crippen LogP contribution in [0.5, 0.6) is 0 Å². The Morgan fingerprint density at radius 3 is 1.56 bits per heavy atom. The van der Waals surface area contributed by atoms with Crippen LogP contribution in [0.4, 0.5) is 17.1 Å². The van der Waals surface area contributed by atoms with E-state index in [1.807, 2.05) is 6.07 Å². The number of benzene rings is 5. The molecule has 0 radical (unpaired) electrons. The summed E-state index contributed by atoms with van der Waals surface area (Å²) < 4.78 is 0. The molecule has 0 saturated heterocycles. The second kappa shape index (κ2) is 11.8. The van der Waals surface area contributed by atoms with Crippen molar-refractivity contribution in [1.29, 1.82) is 0 Å². The van der Waals surface area contributed by atoms with E-state index in [1.165, 1.54) is 28.3 Å². The quantitative estimate of drug-likeness (QED) is 0.139. The lowest BCUT2D eigenvalue weighted by Crippen LogP contribution is -2.11. The number of aliphatic imine (C=N–C) groups is 2. The summed E-state index contributed by atoms with van der Waals surface area (Å²) in [7, 11) is 0. The zero-order valence-electron chi connectivity index (χ0n) is 25.1. The molecule has 0 heterocycles. The highest BCUT2D eigenvalue weighted by molar-refractivity contribution is 6.61. The van der Waals surface area contributed by atoms with Crippen molar-refractivity contribution in [3.63, 3.8) is 0 Å². The minimum Gasteiger partial charge on any atom is -0.258 e. The van der Waals surface area contributed by atoms with Crippen LogP contribution in [0.15, 0.2) is 101 Å². The van der Waals surface area contributed by atoms with Gasteiger partial charge in [0.25, 0.3) is 5.69 Å². The average molecular weight is 566 g/mol. The van der Waals surface area contributed by atoms with Gasteiger partial charge in [0.2, 0.25) is 0 Å². The molecule has 5 aromatic rings. The van der Waals surface area contributed by atoms with Gasteiger partial charge < -0.3 is 0 Å². The average Bonchev–Trinajstić information content (AvgIpc) is 3.34. The van der Waals surface area contributed by atoms with E-state index < -0.39 is 0 Å². The molecule has 0 spiro atoms. The summed E-state index contributed by atoms with van der Waals surface area (Å²) in [5, 5.41) is 13.7. The van der Waals surface area contributed by atoms with Gasteiger partial charge in [0, 0.05) is 28.6 Å². The summed E-state index contributed by atoms with van der Waals surface area (Å²) in [6.07, 6.45) is 3.55. The van der Waals surface area contributed by atoms with Gasteiger partial charge in [-0.05, 0) is 64.5 Å². The molecule has 0 unspecified atom stereocenters. The monoisotopic (exact) mass is 565 g/mol. The minimum absolute atomic E-state index is 0.0804. The summed E-state index contributed by atoms with van der Waals surface area (Å²) in [6.45, 7) is 8.70. The van der Waals surface area contributed by atoms with Crippen LogP contribution >= 0.6 is 0 Å². The van der Waals surface area contributed by atoms with Gasteiger partial charge in [0.05, 0.1) is 27.7 Å². The SMILES string of the molecule is CCc1cccc(CC)c1N=C1C(=Nc2c(CC)cccc2CC)c2ccc(-c3cccc([N+](=O)[O-])c3)c3cccc1c23. The molecule has 0 aromatic heterocycles. The molecule has 1 aliphatic rings. The Kier molecular flexibility index (Phi) is 7.73. The minimum atomic E-state index is -0.341. The predicted octanol–water partition coefficient (Wildman–Crippen LogP) is 9.92. The third-order valence-electron chi connectivity index (χ3n) is 8.52. The van der Waals surface area contributed by atoms with Crippen LogP contribution in [0.1, 0.15) is 61.1 Å². The largest absolute Gasteiger partial charge is 0.270 e. The zero-order chi connectivity index (χ0) is 30.1. The molecule has 1 aliphatic carbocycles.